The zero-order chi connectivity index (χ0) is 19.6. The Morgan fingerprint density at radius 1 is 1.37 bits per heavy atom. The fraction of sp³-hybridized carbons (Fsp3) is 0.524. The SMILES string of the molecule is C=C1C[C@H](O)[C@@]2(C)CCC3C(=CCc4cc(CN(C)S(=O)(=O)O)ccc43)C12. The predicted molar refractivity (Wildman–Crippen MR) is 105 cm³/mol. The van der Waals surface area contributed by atoms with Crippen LogP contribution in [-0.2, 0) is 23.3 Å². The zero-order valence-corrected chi connectivity index (χ0v) is 16.7. The quantitative estimate of drug-likeness (QED) is 0.615. The second kappa shape index (κ2) is 6.27. The summed E-state index contributed by atoms with van der Waals surface area (Å²) >= 11 is 0. The summed E-state index contributed by atoms with van der Waals surface area (Å²) in [6.07, 6.45) is 5.48. The van der Waals surface area contributed by atoms with Crippen LogP contribution in [0.25, 0.3) is 0 Å². The molecular formula is C21H27NO4S. The molecule has 3 aliphatic rings. The molecule has 2 fully saturated rings. The molecular weight excluding hydrogens is 362 g/mol. The molecule has 5 nitrogen and oxygen atoms in total. The highest BCUT2D eigenvalue weighted by Crippen LogP contribution is 2.60. The average Bonchev–Trinajstić information content (AvgIpc) is 2.82. The first kappa shape index (κ1) is 18.9. The number of benzene rings is 1. The van der Waals surface area contributed by atoms with Crippen LogP contribution < -0.4 is 0 Å². The Labute approximate surface area is 161 Å². The molecule has 1 aromatic rings. The van der Waals surface area contributed by atoms with Crippen molar-refractivity contribution in [2.45, 2.75) is 51.2 Å². The van der Waals surface area contributed by atoms with Crippen LogP contribution >= 0.6 is 0 Å². The van der Waals surface area contributed by atoms with E-state index in [0.717, 1.165) is 34.7 Å². The lowest BCUT2D eigenvalue weighted by molar-refractivity contribution is 0.0276. The summed E-state index contributed by atoms with van der Waals surface area (Å²) < 4.78 is 32.6. The molecule has 2 unspecified atom stereocenters. The number of fused-ring (bicyclic) bond motifs is 5. The van der Waals surface area contributed by atoms with Crippen molar-refractivity contribution in [3.05, 3.63) is 58.7 Å². The van der Waals surface area contributed by atoms with Crippen molar-refractivity contribution in [1.82, 2.24) is 4.31 Å². The third-order valence-corrected chi connectivity index (χ3v) is 7.85. The number of nitrogens with zero attached hydrogens (tertiary/aromatic N) is 1. The normalized spacial score (nSPS) is 32.7. The minimum Gasteiger partial charge on any atom is -0.392 e. The highest BCUT2D eigenvalue weighted by molar-refractivity contribution is 7.83. The van der Waals surface area contributed by atoms with E-state index < -0.39 is 10.3 Å². The van der Waals surface area contributed by atoms with Gasteiger partial charge in [0, 0.05) is 30.8 Å². The van der Waals surface area contributed by atoms with Crippen molar-refractivity contribution < 1.29 is 18.1 Å². The molecule has 2 N–H and O–H groups in total. The maximum Gasteiger partial charge on any atom is 0.335 e. The summed E-state index contributed by atoms with van der Waals surface area (Å²) in [5.41, 5.74) is 5.85. The first-order chi connectivity index (χ1) is 12.6. The molecule has 1 aromatic carbocycles. The molecule has 4 atom stereocenters. The van der Waals surface area contributed by atoms with E-state index in [0.29, 0.717) is 12.3 Å². The van der Waals surface area contributed by atoms with Crippen molar-refractivity contribution in [3.8, 4) is 0 Å². The van der Waals surface area contributed by atoms with E-state index in [2.05, 4.69) is 31.7 Å². The minimum atomic E-state index is -4.18. The molecule has 3 aliphatic carbocycles. The number of rotatable bonds is 3. The molecule has 4 rings (SSSR count). The van der Waals surface area contributed by atoms with Crippen molar-refractivity contribution in [1.29, 1.82) is 0 Å². The molecule has 27 heavy (non-hydrogen) atoms. The standard InChI is InChI=1S/C21H27NO4S/c1-13-10-19(23)21(2)9-8-17-16-6-4-14(12-22(3)27(24,25)26)11-15(16)5-7-18(17)20(13)21/h4,6-7,11,17,19-20,23H,1,5,8-10,12H2,2-3H3,(H,24,25,26)/t17?,19-,20?,21+/m0/s1. The van der Waals surface area contributed by atoms with Gasteiger partial charge in [0.2, 0.25) is 0 Å². The molecule has 0 aromatic heterocycles. The Kier molecular flexibility index (Phi) is 4.38. The number of hydrogen-bond acceptors (Lipinski definition) is 3. The Balaban J connectivity index is 1.64. The first-order valence-electron chi connectivity index (χ1n) is 9.47. The van der Waals surface area contributed by atoms with E-state index in [1.54, 1.807) is 0 Å². The van der Waals surface area contributed by atoms with Gasteiger partial charge in [-0.25, -0.2) is 0 Å². The van der Waals surface area contributed by atoms with Gasteiger partial charge < -0.3 is 5.11 Å². The van der Waals surface area contributed by atoms with Crippen LogP contribution in [0, 0.1) is 11.3 Å². The molecule has 0 aliphatic heterocycles. The van der Waals surface area contributed by atoms with Crippen LogP contribution in [0.2, 0.25) is 0 Å². The number of aliphatic hydroxyl groups is 1. The van der Waals surface area contributed by atoms with Gasteiger partial charge in [0.1, 0.15) is 0 Å². The summed E-state index contributed by atoms with van der Waals surface area (Å²) in [5.74, 6) is 0.604. The summed E-state index contributed by atoms with van der Waals surface area (Å²) in [4.78, 5) is 0. The topological polar surface area (TPSA) is 77.8 Å². The van der Waals surface area contributed by atoms with E-state index >= 15 is 0 Å². The number of aliphatic hydroxyl groups excluding tert-OH is 1. The molecule has 0 bridgehead atoms. The number of allylic oxidation sites excluding steroid dienone is 2. The van der Waals surface area contributed by atoms with Gasteiger partial charge in [0.15, 0.2) is 0 Å². The fourth-order valence-electron chi connectivity index (χ4n) is 5.44. The van der Waals surface area contributed by atoms with Gasteiger partial charge in [0.05, 0.1) is 6.10 Å². The van der Waals surface area contributed by atoms with Gasteiger partial charge in [-0.1, -0.05) is 48.9 Å². The van der Waals surface area contributed by atoms with Crippen molar-refractivity contribution in [3.63, 3.8) is 0 Å². The molecule has 2 saturated carbocycles. The van der Waals surface area contributed by atoms with E-state index in [4.69, 9.17) is 4.55 Å². The maximum atomic E-state index is 11.2. The first-order valence-corrected chi connectivity index (χ1v) is 10.9. The third-order valence-electron chi connectivity index (χ3n) is 6.93. The Hall–Kier alpha value is -1.47. The van der Waals surface area contributed by atoms with Crippen LogP contribution in [0.3, 0.4) is 0 Å². The van der Waals surface area contributed by atoms with Gasteiger partial charge >= 0.3 is 10.3 Å². The molecule has 0 spiro atoms. The van der Waals surface area contributed by atoms with Crippen LogP contribution in [0.15, 0.2) is 42.0 Å². The molecule has 6 heteroatoms. The molecule has 0 heterocycles. The van der Waals surface area contributed by atoms with Gasteiger partial charge in [-0.3, -0.25) is 4.55 Å². The summed E-state index contributed by atoms with van der Waals surface area (Å²) in [6.45, 7) is 6.61. The Bertz CT molecular complexity index is 936. The lowest BCUT2D eigenvalue weighted by Gasteiger charge is -2.46. The Morgan fingerprint density at radius 2 is 2.11 bits per heavy atom. The van der Waals surface area contributed by atoms with E-state index in [9.17, 15) is 13.5 Å². The van der Waals surface area contributed by atoms with Gasteiger partial charge in [-0.05, 0) is 42.4 Å². The van der Waals surface area contributed by atoms with Crippen LogP contribution in [0.5, 0.6) is 0 Å². The van der Waals surface area contributed by atoms with Crippen LogP contribution in [0.1, 0.15) is 48.8 Å². The maximum absolute atomic E-state index is 11.2. The second-order valence-corrected chi connectivity index (χ2v) is 10.1. The van der Waals surface area contributed by atoms with E-state index in [-0.39, 0.29) is 24.0 Å². The summed E-state index contributed by atoms with van der Waals surface area (Å²) in [7, 11) is -2.81. The van der Waals surface area contributed by atoms with Gasteiger partial charge in [-0.15, -0.1) is 0 Å². The molecule has 0 saturated heterocycles. The molecule has 0 radical (unpaired) electrons. The number of hydrogen-bond donors (Lipinski definition) is 2. The summed E-state index contributed by atoms with van der Waals surface area (Å²) in [5, 5.41) is 10.6. The predicted octanol–water partition coefficient (Wildman–Crippen LogP) is 3.22. The fourth-order valence-corrected chi connectivity index (χ4v) is 5.76. The molecule has 146 valence electrons. The molecule has 0 amide bonds. The lowest BCUT2D eigenvalue weighted by Crippen LogP contribution is -2.39. The highest BCUT2D eigenvalue weighted by atomic mass is 32.2. The van der Waals surface area contributed by atoms with E-state index in [1.165, 1.54) is 23.7 Å². The average molecular weight is 390 g/mol. The minimum absolute atomic E-state index is 0.102. The van der Waals surface area contributed by atoms with E-state index in [1.807, 2.05) is 6.07 Å². The Morgan fingerprint density at radius 3 is 2.81 bits per heavy atom. The smallest absolute Gasteiger partial charge is 0.335 e. The van der Waals surface area contributed by atoms with Crippen molar-refractivity contribution in [2.75, 3.05) is 7.05 Å². The third kappa shape index (κ3) is 2.99. The van der Waals surface area contributed by atoms with Crippen LogP contribution in [0.4, 0.5) is 0 Å². The van der Waals surface area contributed by atoms with Crippen molar-refractivity contribution in [2.24, 2.45) is 11.3 Å². The second-order valence-electron chi connectivity index (χ2n) is 8.58. The largest absolute Gasteiger partial charge is 0.392 e. The highest BCUT2D eigenvalue weighted by Gasteiger charge is 2.53. The van der Waals surface area contributed by atoms with Gasteiger partial charge in [0.25, 0.3) is 0 Å². The summed E-state index contributed by atoms with van der Waals surface area (Å²) in [6, 6.07) is 6.11. The zero-order valence-electron chi connectivity index (χ0n) is 15.9. The van der Waals surface area contributed by atoms with Gasteiger partial charge in [-0.2, -0.15) is 12.7 Å². The monoisotopic (exact) mass is 389 g/mol. The lowest BCUT2D eigenvalue weighted by atomic mass is 9.59. The van der Waals surface area contributed by atoms with Crippen molar-refractivity contribution >= 4 is 10.3 Å². The van der Waals surface area contributed by atoms with Crippen LogP contribution in [-0.4, -0.2) is 35.5 Å².